The maximum Gasteiger partial charge on any atom is 0.328 e. The first kappa shape index (κ1) is 19.7. The molecule has 0 spiro atoms. The number of hydrogen-bond donors (Lipinski definition) is 2. The van der Waals surface area contributed by atoms with Gasteiger partial charge in [0.15, 0.2) is 0 Å². The van der Waals surface area contributed by atoms with E-state index in [9.17, 15) is 14.4 Å². The standard InChI is InChI=1S/C21H29N5O3/c1-24-17-9-8-15(12-18(17)25(2)21(24)29)23-20(28)19(27)22-13-14-6-5-11-26-10-4-3-7-16(14)26/h8-9,12,14,16H,3-7,10-11,13H2,1-2H3,(H,22,27)(H,23,28)/t14-,16?/m0/s1. The number of amides is 2. The summed E-state index contributed by atoms with van der Waals surface area (Å²) in [6.45, 7) is 2.85. The smallest absolute Gasteiger partial charge is 0.328 e. The average molecular weight is 399 g/mol. The van der Waals surface area contributed by atoms with Gasteiger partial charge in [0.25, 0.3) is 0 Å². The maximum absolute atomic E-state index is 12.4. The van der Waals surface area contributed by atoms with Gasteiger partial charge in [0, 0.05) is 32.4 Å². The number of anilines is 1. The van der Waals surface area contributed by atoms with Crippen molar-refractivity contribution in [1.29, 1.82) is 0 Å². The maximum atomic E-state index is 12.4. The number of hydrogen-bond acceptors (Lipinski definition) is 4. The molecule has 0 bridgehead atoms. The fraction of sp³-hybridized carbons (Fsp3) is 0.571. The van der Waals surface area contributed by atoms with Crippen molar-refractivity contribution in [3.05, 3.63) is 28.7 Å². The van der Waals surface area contributed by atoms with Crippen LogP contribution in [0.25, 0.3) is 11.0 Å². The number of aryl methyl sites for hydroxylation is 2. The van der Waals surface area contributed by atoms with Crippen molar-refractivity contribution < 1.29 is 9.59 Å². The molecule has 156 valence electrons. The fourth-order valence-electron chi connectivity index (χ4n) is 4.89. The highest BCUT2D eigenvalue weighted by molar-refractivity contribution is 6.39. The summed E-state index contributed by atoms with van der Waals surface area (Å²) in [6, 6.07) is 5.71. The number of aromatic nitrogens is 2. The van der Waals surface area contributed by atoms with Gasteiger partial charge in [0.2, 0.25) is 0 Å². The third-order valence-electron chi connectivity index (χ3n) is 6.49. The van der Waals surface area contributed by atoms with Crippen LogP contribution in [0.1, 0.15) is 32.1 Å². The van der Waals surface area contributed by atoms with Gasteiger partial charge in [-0.3, -0.25) is 18.7 Å². The van der Waals surface area contributed by atoms with Crippen LogP contribution in [0.15, 0.2) is 23.0 Å². The summed E-state index contributed by atoms with van der Waals surface area (Å²) >= 11 is 0. The zero-order chi connectivity index (χ0) is 20.5. The van der Waals surface area contributed by atoms with E-state index in [4.69, 9.17) is 0 Å². The molecule has 2 aliphatic rings. The van der Waals surface area contributed by atoms with Gasteiger partial charge in [0.05, 0.1) is 11.0 Å². The topological polar surface area (TPSA) is 88.4 Å². The molecule has 2 aromatic rings. The average Bonchev–Trinajstić information content (AvgIpc) is 2.95. The van der Waals surface area contributed by atoms with Gasteiger partial charge < -0.3 is 15.5 Å². The lowest BCUT2D eigenvalue weighted by molar-refractivity contribution is -0.136. The Morgan fingerprint density at radius 1 is 1.00 bits per heavy atom. The quantitative estimate of drug-likeness (QED) is 0.759. The molecule has 3 heterocycles. The molecule has 2 amide bonds. The number of carbonyl (C=O) groups is 2. The Labute approximate surface area is 169 Å². The number of rotatable bonds is 3. The highest BCUT2D eigenvalue weighted by Crippen LogP contribution is 2.30. The molecule has 0 radical (unpaired) electrons. The van der Waals surface area contributed by atoms with Crippen molar-refractivity contribution >= 4 is 28.5 Å². The van der Waals surface area contributed by atoms with Crippen LogP contribution in [0, 0.1) is 5.92 Å². The van der Waals surface area contributed by atoms with Crippen molar-refractivity contribution in [2.24, 2.45) is 20.0 Å². The summed E-state index contributed by atoms with van der Waals surface area (Å²) in [7, 11) is 3.39. The van der Waals surface area contributed by atoms with Gasteiger partial charge in [-0.05, 0) is 62.9 Å². The van der Waals surface area contributed by atoms with Crippen LogP contribution in [0.3, 0.4) is 0 Å². The largest absolute Gasteiger partial charge is 0.347 e. The van der Waals surface area contributed by atoms with E-state index in [1.807, 2.05) is 0 Å². The third-order valence-corrected chi connectivity index (χ3v) is 6.49. The Morgan fingerprint density at radius 3 is 2.59 bits per heavy atom. The van der Waals surface area contributed by atoms with Crippen LogP contribution in [-0.4, -0.2) is 51.5 Å². The Kier molecular flexibility index (Phi) is 5.45. The molecule has 8 nitrogen and oxygen atoms in total. The van der Waals surface area contributed by atoms with Gasteiger partial charge in [-0.1, -0.05) is 6.42 Å². The monoisotopic (exact) mass is 399 g/mol. The molecule has 1 aromatic carbocycles. The lowest BCUT2D eigenvalue weighted by Gasteiger charge is -2.44. The van der Waals surface area contributed by atoms with E-state index in [1.54, 1.807) is 36.9 Å². The van der Waals surface area contributed by atoms with Crippen molar-refractivity contribution in [1.82, 2.24) is 19.4 Å². The van der Waals surface area contributed by atoms with E-state index in [-0.39, 0.29) is 5.69 Å². The second-order valence-corrected chi connectivity index (χ2v) is 8.27. The molecule has 4 rings (SSSR count). The predicted molar refractivity (Wildman–Crippen MR) is 112 cm³/mol. The van der Waals surface area contributed by atoms with Crippen LogP contribution >= 0.6 is 0 Å². The summed E-state index contributed by atoms with van der Waals surface area (Å²) in [4.78, 5) is 39.3. The highest BCUT2D eigenvalue weighted by Gasteiger charge is 2.33. The number of carbonyl (C=O) groups excluding carboxylic acids is 2. The Bertz CT molecular complexity index is 990. The lowest BCUT2D eigenvalue weighted by Crippen LogP contribution is -2.51. The third kappa shape index (κ3) is 3.81. The molecule has 0 aliphatic carbocycles. The number of nitrogens with zero attached hydrogens (tertiary/aromatic N) is 3. The molecule has 2 N–H and O–H groups in total. The zero-order valence-electron chi connectivity index (χ0n) is 17.1. The Hall–Kier alpha value is -2.61. The Balaban J connectivity index is 1.37. The van der Waals surface area contributed by atoms with E-state index in [0.717, 1.165) is 31.4 Å². The van der Waals surface area contributed by atoms with Crippen molar-refractivity contribution in [2.45, 2.75) is 38.1 Å². The molecule has 2 saturated heterocycles. The van der Waals surface area contributed by atoms with E-state index in [2.05, 4.69) is 15.5 Å². The number of piperidine rings is 2. The van der Waals surface area contributed by atoms with Crippen LogP contribution in [0.4, 0.5) is 5.69 Å². The minimum Gasteiger partial charge on any atom is -0.347 e. The van der Waals surface area contributed by atoms with Crippen LogP contribution in [0.2, 0.25) is 0 Å². The number of benzene rings is 1. The second kappa shape index (κ2) is 8.02. The first-order valence-electron chi connectivity index (χ1n) is 10.4. The molecule has 29 heavy (non-hydrogen) atoms. The molecule has 1 aromatic heterocycles. The molecular weight excluding hydrogens is 370 g/mol. The first-order chi connectivity index (χ1) is 14.0. The van der Waals surface area contributed by atoms with Gasteiger partial charge >= 0.3 is 17.5 Å². The Morgan fingerprint density at radius 2 is 1.76 bits per heavy atom. The first-order valence-corrected chi connectivity index (χ1v) is 10.4. The van der Waals surface area contributed by atoms with Gasteiger partial charge in [-0.15, -0.1) is 0 Å². The van der Waals surface area contributed by atoms with E-state index in [1.165, 1.54) is 23.8 Å². The van der Waals surface area contributed by atoms with Gasteiger partial charge in [-0.25, -0.2) is 4.79 Å². The van der Waals surface area contributed by atoms with Crippen LogP contribution in [0.5, 0.6) is 0 Å². The van der Waals surface area contributed by atoms with E-state index >= 15 is 0 Å². The van der Waals surface area contributed by atoms with E-state index < -0.39 is 11.8 Å². The highest BCUT2D eigenvalue weighted by atomic mass is 16.2. The number of imidazole rings is 1. The summed E-state index contributed by atoms with van der Waals surface area (Å²) in [5.74, 6) is -0.877. The SMILES string of the molecule is Cn1c(=O)n(C)c2cc(NC(=O)C(=O)NC[C@@H]3CCCN4CCCCC34)ccc21. The van der Waals surface area contributed by atoms with Crippen molar-refractivity contribution in [3.63, 3.8) is 0 Å². The molecule has 2 fully saturated rings. The summed E-state index contributed by atoms with van der Waals surface area (Å²) in [5, 5.41) is 5.48. The molecule has 8 heteroatoms. The molecular formula is C21H29N5O3. The minimum atomic E-state index is -0.679. The molecule has 2 aliphatic heterocycles. The molecule has 2 atom stereocenters. The van der Waals surface area contributed by atoms with E-state index in [0.29, 0.717) is 29.7 Å². The lowest BCUT2D eigenvalue weighted by atomic mass is 9.83. The molecule has 1 unspecified atom stereocenters. The summed E-state index contributed by atoms with van der Waals surface area (Å²) < 4.78 is 3.07. The minimum absolute atomic E-state index is 0.134. The van der Waals surface area contributed by atoms with Gasteiger partial charge in [0.1, 0.15) is 0 Å². The number of fused-ring (bicyclic) bond motifs is 2. The summed E-state index contributed by atoms with van der Waals surface area (Å²) in [6.07, 6.45) is 5.94. The second-order valence-electron chi connectivity index (χ2n) is 8.27. The normalized spacial score (nSPS) is 22.3. The number of nitrogens with one attached hydrogen (secondary N) is 2. The van der Waals surface area contributed by atoms with Crippen molar-refractivity contribution in [2.75, 3.05) is 25.0 Å². The molecule has 0 saturated carbocycles. The fourth-order valence-corrected chi connectivity index (χ4v) is 4.89. The predicted octanol–water partition coefficient (Wildman–Crippen LogP) is 1.20. The summed E-state index contributed by atoms with van der Waals surface area (Å²) in [5.41, 5.74) is 1.84. The van der Waals surface area contributed by atoms with Crippen LogP contribution < -0.4 is 16.3 Å². The van der Waals surface area contributed by atoms with Crippen LogP contribution in [-0.2, 0) is 23.7 Å². The van der Waals surface area contributed by atoms with Crippen molar-refractivity contribution in [3.8, 4) is 0 Å². The van der Waals surface area contributed by atoms with Gasteiger partial charge in [-0.2, -0.15) is 0 Å². The zero-order valence-corrected chi connectivity index (χ0v) is 17.1.